The fourth-order valence-corrected chi connectivity index (χ4v) is 2.47. The Morgan fingerprint density at radius 1 is 1.39 bits per heavy atom. The molecule has 1 saturated heterocycles. The minimum absolute atomic E-state index is 0. The van der Waals surface area contributed by atoms with E-state index in [-0.39, 0.29) is 29.4 Å². The molecule has 18 heavy (non-hydrogen) atoms. The number of aliphatic imine (C=N–C) groups is 1. The van der Waals surface area contributed by atoms with E-state index < -0.39 is 0 Å². The number of hydrogen-bond acceptors (Lipinski definition) is 3. The average molecular weight is 369 g/mol. The highest BCUT2D eigenvalue weighted by Gasteiger charge is 2.36. The lowest BCUT2D eigenvalue weighted by Crippen LogP contribution is -2.46. The van der Waals surface area contributed by atoms with Crippen molar-refractivity contribution >= 4 is 29.9 Å². The molecule has 2 aliphatic rings. The molecule has 0 radical (unpaired) electrons. The lowest BCUT2D eigenvalue weighted by Gasteiger charge is -2.40. The third-order valence-corrected chi connectivity index (χ3v) is 3.78. The van der Waals surface area contributed by atoms with Crippen LogP contribution in [0.4, 0.5) is 0 Å². The summed E-state index contributed by atoms with van der Waals surface area (Å²) in [6.45, 7) is 4.80. The normalized spacial score (nSPS) is 23.2. The largest absolute Gasteiger partial charge is 0.384 e. The number of ether oxygens (including phenoxy) is 2. The van der Waals surface area contributed by atoms with Gasteiger partial charge in [0.2, 0.25) is 0 Å². The molecule has 5 nitrogen and oxygen atoms in total. The van der Waals surface area contributed by atoms with E-state index in [9.17, 15) is 0 Å². The number of nitrogens with zero attached hydrogens (tertiary/aromatic N) is 2. The first kappa shape index (κ1) is 16.0. The molecule has 0 bridgehead atoms. The summed E-state index contributed by atoms with van der Waals surface area (Å²) >= 11 is 0. The van der Waals surface area contributed by atoms with E-state index in [2.05, 4.69) is 9.89 Å². The second-order valence-corrected chi connectivity index (χ2v) is 5.06. The standard InChI is InChI=1S/C12H23N3O2.HI/c1-16-10-12(3-2-4-12)9-14-11(13)15-5-7-17-8-6-15;/h2-10H2,1H3,(H2,13,14);1H. The van der Waals surface area contributed by atoms with Crippen LogP contribution in [0.5, 0.6) is 0 Å². The molecule has 1 heterocycles. The van der Waals surface area contributed by atoms with Crippen molar-refractivity contribution in [2.75, 3.05) is 46.6 Å². The van der Waals surface area contributed by atoms with E-state index in [1.807, 2.05) is 0 Å². The lowest BCUT2D eigenvalue weighted by molar-refractivity contribution is 0.0247. The first-order valence-corrected chi connectivity index (χ1v) is 6.37. The number of rotatable bonds is 4. The Labute approximate surface area is 126 Å². The summed E-state index contributed by atoms with van der Waals surface area (Å²) in [5.41, 5.74) is 6.27. The van der Waals surface area contributed by atoms with Gasteiger partial charge in [0.15, 0.2) is 5.96 Å². The fourth-order valence-electron chi connectivity index (χ4n) is 2.47. The molecule has 0 amide bonds. The Morgan fingerprint density at radius 3 is 2.56 bits per heavy atom. The van der Waals surface area contributed by atoms with E-state index in [4.69, 9.17) is 15.2 Å². The van der Waals surface area contributed by atoms with Gasteiger partial charge in [0, 0.05) is 25.6 Å². The van der Waals surface area contributed by atoms with Crippen LogP contribution in [0.3, 0.4) is 0 Å². The summed E-state index contributed by atoms with van der Waals surface area (Å²) in [7, 11) is 1.76. The van der Waals surface area contributed by atoms with Gasteiger partial charge in [0.05, 0.1) is 26.4 Å². The maximum Gasteiger partial charge on any atom is 0.191 e. The summed E-state index contributed by atoms with van der Waals surface area (Å²) in [4.78, 5) is 6.65. The number of guanidine groups is 1. The quantitative estimate of drug-likeness (QED) is 0.458. The Kier molecular flexibility index (Phi) is 6.65. The fraction of sp³-hybridized carbons (Fsp3) is 0.917. The highest BCUT2D eigenvalue weighted by Crippen LogP contribution is 2.41. The Hall–Kier alpha value is -0.0800. The maximum atomic E-state index is 6.01. The molecule has 0 spiro atoms. The van der Waals surface area contributed by atoms with E-state index in [0.29, 0.717) is 5.96 Å². The van der Waals surface area contributed by atoms with E-state index in [0.717, 1.165) is 39.5 Å². The Bertz CT molecular complexity index is 276. The van der Waals surface area contributed by atoms with Crippen molar-refractivity contribution in [2.24, 2.45) is 16.1 Å². The van der Waals surface area contributed by atoms with Gasteiger partial charge in [-0.15, -0.1) is 24.0 Å². The van der Waals surface area contributed by atoms with E-state index >= 15 is 0 Å². The van der Waals surface area contributed by atoms with Crippen LogP contribution in [0, 0.1) is 5.41 Å². The van der Waals surface area contributed by atoms with Gasteiger partial charge in [0.25, 0.3) is 0 Å². The third kappa shape index (κ3) is 3.96. The summed E-state index contributed by atoms with van der Waals surface area (Å²) in [6, 6.07) is 0. The number of halogens is 1. The van der Waals surface area contributed by atoms with Crippen LogP contribution in [0.15, 0.2) is 4.99 Å². The zero-order valence-corrected chi connectivity index (χ0v) is 13.4. The van der Waals surface area contributed by atoms with Crippen LogP contribution >= 0.6 is 24.0 Å². The van der Waals surface area contributed by atoms with Crippen molar-refractivity contribution in [1.82, 2.24) is 4.90 Å². The topological polar surface area (TPSA) is 60.1 Å². The molecule has 0 unspecified atom stereocenters. The van der Waals surface area contributed by atoms with Gasteiger partial charge >= 0.3 is 0 Å². The molecule has 1 saturated carbocycles. The summed E-state index contributed by atoms with van der Waals surface area (Å²) in [5, 5.41) is 0. The minimum Gasteiger partial charge on any atom is -0.384 e. The van der Waals surface area contributed by atoms with Crippen LogP contribution in [-0.4, -0.2) is 57.4 Å². The summed E-state index contributed by atoms with van der Waals surface area (Å²) in [6.07, 6.45) is 3.71. The van der Waals surface area contributed by atoms with Gasteiger partial charge < -0.3 is 20.1 Å². The number of hydrogen-bond donors (Lipinski definition) is 1. The lowest BCUT2D eigenvalue weighted by atomic mass is 9.69. The molecule has 0 aromatic heterocycles. The van der Waals surface area contributed by atoms with Crippen molar-refractivity contribution in [2.45, 2.75) is 19.3 Å². The molecule has 2 N–H and O–H groups in total. The van der Waals surface area contributed by atoms with Crippen LogP contribution in [-0.2, 0) is 9.47 Å². The van der Waals surface area contributed by atoms with Crippen molar-refractivity contribution < 1.29 is 9.47 Å². The van der Waals surface area contributed by atoms with Crippen molar-refractivity contribution in [1.29, 1.82) is 0 Å². The predicted octanol–water partition coefficient (Wildman–Crippen LogP) is 1.07. The molecule has 6 heteroatoms. The number of methoxy groups -OCH3 is 1. The van der Waals surface area contributed by atoms with Crippen LogP contribution < -0.4 is 5.73 Å². The highest BCUT2D eigenvalue weighted by molar-refractivity contribution is 14.0. The first-order valence-electron chi connectivity index (χ1n) is 6.37. The molecular formula is C12H24IN3O2. The van der Waals surface area contributed by atoms with Crippen molar-refractivity contribution in [3.63, 3.8) is 0 Å². The van der Waals surface area contributed by atoms with Crippen LogP contribution in [0.2, 0.25) is 0 Å². The SMILES string of the molecule is COCC1(CN=C(N)N2CCOCC2)CCC1.I. The minimum atomic E-state index is 0. The molecule has 1 aliphatic carbocycles. The second-order valence-electron chi connectivity index (χ2n) is 5.06. The van der Waals surface area contributed by atoms with Gasteiger partial charge in [0.1, 0.15) is 0 Å². The highest BCUT2D eigenvalue weighted by atomic mass is 127. The third-order valence-electron chi connectivity index (χ3n) is 3.78. The molecule has 2 fully saturated rings. The Balaban J connectivity index is 0.00000162. The van der Waals surface area contributed by atoms with Crippen LogP contribution in [0.1, 0.15) is 19.3 Å². The first-order chi connectivity index (χ1) is 8.26. The second kappa shape index (κ2) is 7.49. The molecule has 0 atom stereocenters. The maximum absolute atomic E-state index is 6.01. The van der Waals surface area contributed by atoms with Gasteiger partial charge in [-0.25, -0.2) is 0 Å². The molecule has 0 aromatic carbocycles. The van der Waals surface area contributed by atoms with E-state index in [1.54, 1.807) is 7.11 Å². The smallest absolute Gasteiger partial charge is 0.191 e. The number of nitrogens with two attached hydrogens (primary N) is 1. The van der Waals surface area contributed by atoms with Gasteiger partial charge in [-0.2, -0.15) is 0 Å². The van der Waals surface area contributed by atoms with Gasteiger partial charge in [-0.1, -0.05) is 6.42 Å². The van der Waals surface area contributed by atoms with Crippen molar-refractivity contribution in [3.8, 4) is 0 Å². The summed E-state index contributed by atoms with van der Waals surface area (Å²) in [5.74, 6) is 0.663. The van der Waals surface area contributed by atoms with Crippen molar-refractivity contribution in [3.05, 3.63) is 0 Å². The zero-order chi connectivity index (χ0) is 12.1. The molecule has 0 aromatic rings. The zero-order valence-electron chi connectivity index (χ0n) is 11.1. The molecular weight excluding hydrogens is 345 g/mol. The number of morpholine rings is 1. The summed E-state index contributed by atoms with van der Waals surface area (Å²) < 4.78 is 10.6. The average Bonchev–Trinajstić information content (AvgIpc) is 2.33. The van der Waals surface area contributed by atoms with Crippen LogP contribution in [0.25, 0.3) is 0 Å². The molecule has 106 valence electrons. The molecule has 2 rings (SSSR count). The van der Waals surface area contributed by atoms with E-state index in [1.165, 1.54) is 19.3 Å². The predicted molar refractivity (Wildman–Crippen MR) is 82.5 cm³/mol. The molecule has 1 aliphatic heterocycles. The van der Waals surface area contributed by atoms with Gasteiger partial charge in [-0.3, -0.25) is 4.99 Å². The van der Waals surface area contributed by atoms with Gasteiger partial charge in [-0.05, 0) is 12.8 Å². The monoisotopic (exact) mass is 369 g/mol. The Morgan fingerprint density at radius 2 is 2.06 bits per heavy atom.